The molecular formula is C19H22N4O2. The first-order chi connectivity index (χ1) is 12.1. The van der Waals surface area contributed by atoms with Gasteiger partial charge in [-0.2, -0.15) is 5.10 Å². The molecule has 0 saturated carbocycles. The van der Waals surface area contributed by atoms with Crippen molar-refractivity contribution in [2.45, 2.75) is 33.4 Å². The summed E-state index contributed by atoms with van der Waals surface area (Å²) in [6.07, 6.45) is 2.41. The van der Waals surface area contributed by atoms with Crippen molar-refractivity contribution in [2.24, 2.45) is 5.92 Å². The Hall–Kier alpha value is -2.47. The molecule has 0 radical (unpaired) electrons. The number of nitrogens with zero attached hydrogens (tertiary/aromatic N) is 4. The maximum atomic E-state index is 12.8. The summed E-state index contributed by atoms with van der Waals surface area (Å²) in [4.78, 5) is 15.1. The minimum absolute atomic E-state index is 0.190. The molecular weight excluding hydrogens is 316 g/mol. The second kappa shape index (κ2) is 6.44. The smallest absolute Gasteiger partial charge is 0.298 e. The summed E-state index contributed by atoms with van der Waals surface area (Å²) in [5, 5.41) is 9.40. The molecule has 1 aliphatic heterocycles. The SMILES string of the molecule is Cc1onc2c(=O)n(CN3CCC[C@@H](C)C3)nc(-c3ccccc3)c12. The van der Waals surface area contributed by atoms with Gasteiger partial charge in [-0.15, -0.1) is 0 Å². The molecule has 25 heavy (non-hydrogen) atoms. The van der Waals surface area contributed by atoms with Gasteiger partial charge >= 0.3 is 0 Å². The molecule has 1 atom stereocenters. The van der Waals surface area contributed by atoms with Gasteiger partial charge in [0, 0.05) is 12.1 Å². The van der Waals surface area contributed by atoms with Gasteiger partial charge in [0.1, 0.15) is 11.5 Å². The van der Waals surface area contributed by atoms with Gasteiger partial charge in [0.25, 0.3) is 5.56 Å². The van der Waals surface area contributed by atoms with Gasteiger partial charge < -0.3 is 4.52 Å². The number of hydrogen-bond acceptors (Lipinski definition) is 5. The van der Waals surface area contributed by atoms with Gasteiger partial charge in [-0.1, -0.05) is 42.4 Å². The summed E-state index contributed by atoms with van der Waals surface area (Å²) in [5.41, 5.74) is 1.87. The van der Waals surface area contributed by atoms with E-state index in [0.29, 0.717) is 29.2 Å². The van der Waals surface area contributed by atoms with Gasteiger partial charge in [-0.05, 0) is 32.2 Å². The third kappa shape index (κ3) is 2.98. The van der Waals surface area contributed by atoms with Gasteiger partial charge in [0.05, 0.1) is 12.1 Å². The zero-order valence-corrected chi connectivity index (χ0v) is 14.6. The monoisotopic (exact) mass is 338 g/mol. The average Bonchev–Trinajstić information content (AvgIpc) is 3.00. The van der Waals surface area contributed by atoms with E-state index in [0.717, 1.165) is 30.8 Å². The summed E-state index contributed by atoms with van der Waals surface area (Å²) in [7, 11) is 0. The largest absolute Gasteiger partial charge is 0.360 e. The van der Waals surface area contributed by atoms with E-state index >= 15 is 0 Å². The van der Waals surface area contributed by atoms with E-state index in [4.69, 9.17) is 4.52 Å². The zero-order valence-electron chi connectivity index (χ0n) is 14.6. The molecule has 0 spiro atoms. The van der Waals surface area contributed by atoms with Crippen molar-refractivity contribution in [1.82, 2.24) is 19.8 Å². The fraction of sp³-hybridized carbons (Fsp3) is 0.421. The molecule has 6 nitrogen and oxygen atoms in total. The van der Waals surface area contributed by atoms with Gasteiger partial charge in [0.15, 0.2) is 5.52 Å². The summed E-state index contributed by atoms with van der Waals surface area (Å²) < 4.78 is 6.84. The molecule has 1 fully saturated rings. The fourth-order valence-electron chi connectivity index (χ4n) is 3.63. The highest BCUT2D eigenvalue weighted by atomic mass is 16.5. The van der Waals surface area contributed by atoms with Crippen LogP contribution in [0, 0.1) is 12.8 Å². The Morgan fingerprint density at radius 3 is 2.84 bits per heavy atom. The quantitative estimate of drug-likeness (QED) is 0.734. The Bertz CT molecular complexity index is 945. The summed E-state index contributed by atoms with van der Waals surface area (Å²) in [6.45, 7) is 6.55. The highest BCUT2D eigenvalue weighted by Crippen LogP contribution is 2.27. The Morgan fingerprint density at radius 2 is 2.08 bits per heavy atom. The van der Waals surface area contributed by atoms with Crippen LogP contribution in [0.1, 0.15) is 25.5 Å². The van der Waals surface area contributed by atoms with Crippen molar-refractivity contribution in [3.63, 3.8) is 0 Å². The lowest BCUT2D eigenvalue weighted by Gasteiger charge is -2.30. The number of aromatic nitrogens is 3. The number of hydrogen-bond donors (Lipinski definition) is 0. The lowest BCUT2D eigenvalue weighted by Crippen LogP contribution is -2.39. The predicted octanol–water partition coefficient (Wildman–Crippen LogP) is 3.05. The first-order valence-electron chi connectivity index (χ1n) is 8.78. The number of piperidine rings is 1. The van der Waals surface area contributed by atoms with Crippen molar-refractivity contribution < 1.29 is 4.52 Å². The maximum absolute atomic E-state index is 12.8. The molecule has 0 aliphatic carbocycles. The van der Waals surface area contributed by atoms with Crippen LogP contribution in [0.15, 0.2) is 39.6 Å². The van der Waals surface area contributed by atoms with Crippen LogP contribution in [-0.2, 0) is 6.67 Å². The number of aryl methyl sites for hydroxylation is 1. The van der Waals surface area contributed by atoms with E-state index in [1.165, 1.54) is 11.1 Å². The molecule has 0 bridgehead atoms. The van der Waals surface area contributed by atoms with Crippen molar-refractivity contribution in [2.75, 3.05) is 13.1 Å². The highest BCUT2D eigenvalue weighted by Gasteiger charge is 2.21. The van der Waals surface area contributed by atoms with E-state index in [1.807, 2.05) is 37.3 Å². The third-order valence-corrected chi connectivity index (χ3v) is 4.88. The van der Waals surface area contributed by atoms with Crippen LogP contribution >= 0.6 is 0 Å². The number of likely N-dealkylation sites (tertiary alicyclic amines) is 1. The molecule has 4 rings (SSSR count). The third-order valence-electron chi connectivity index (χ3n) is 4.88. The molecule has 130 valence electrons. The maximum Gasteiger partial charge on any atom is 0.298 e. The molecule has 0 unspecified atom stereocenters. The van der Waals surface area contributed by atoms with Crippen molar-refractivity contribution in [1.29, 1.82) is 0 Å². The molecule has 1 saturated heterocycles. The zero-order chi connectivity index (χ0) is 17.4. The Kier molecular flexibility index (Phi) is 4.13. The molecule has 1 aromatic carbocycles. The number of rotatable bonds is 3. The van der Waals surface area contributed by atoms with Gasteiger partial charge in [-0.25, -0.2) is 4.68 Å². The van der Waals surface area contributed by atoms with Crippen molar-refractivity contribution >= 4 is 10.9 Å². The van der Waals surface area contributed by atoms with E-state index in [-0.39, 0.29) is 5.56 Å². The Morgan fingerprint density at radius 1 is 1.28 bits per heavy atom. The first kappa shape index (κ1) is 16.0. The molecule has 1 aliphatic rings. The summed E-state index contributed by atoms with van der Waals surface area (Å²) in [5.74, 6) is 1.27. The van der Waals surface area contributed by atoms with E-state index in [1.54, 1.807) is 0 Å². The Balaban J connectivity index is 1.82. The van der Waals surface area contributed by atoms with Gasteiger partial charge in [-0.3, -0.25) is 9.69 Å². The second-order valence-corrected chi connectivity index (χ2v) is 6.95. The van der Waals surface area contributed by atoms with Crippen molar-refractivity contribution in [3.8, 4) is 11.3 Å². The fourth-order valence-corrected chi connectivity index (χ4v) is 3.63. The van der Waals surface area contributed by atoms with E-state index in [2.05, 4.69) is 22.1 Å². The van der Waals surface area contributed by atoms with Crippen LogP contribution in [-0.4, -0.2) is 32.9 Å². The molecule has 3 heterocycles. The first-order valence-corrected chi connectivity index (χ1v) is 8.78. The molecule has 3 aromatic rings. The minimum atomic E-state index is -0.190. The normalized spacial score (nSPS) is 18.7. The average molecular weight is 338 g/mol. The van der Waals surface area contributed by atoms with Gasteiger partial charge in [0.2, 0.25) is 0 Å². The molecule has 2 aromatic heterocycles. The van der Waals surface area contributed by atoms with Crippen LogP contribution in [0.4, 0.5) is 0 Å². The highest BCUT2D eigenvalue weighted by molar-refractivity contribution is 5.92. The van der Waals surface area contributed by atoms with Crippen LogP contribution in [0.25, 0.3) is 22.2 Å². The summed E-state index contributed by atoms with van der Waals surface area (Å²) >= 11 is 0. The van der Waals surface area contributed by atoms with Crippen LogP contribution in [0.2, 0.25) is 0 Å². The lowest BCUT2D eigenvalue weighted by atomic mass is 10.0. The Labute approximate surface area is 146 Å². The molecule has 0 N–H and O–H groups in total. The van der Waals surface area contributed by atoms with Crippen molar-refractivity contribution in [3.05, 3.63) is 46.4 Å². The molecule has 0 amide bonds. The van der Waals surface area contributed by atoms with E-state index < -0.39 is 0 Å². The van der Waals surface area contributed by atoms with E-state index in [9.17, 15) is 4.79 Å². The predicted molar refractivity (Wildman–Crippen MR) is 96.2 cm³/mol. The lowest BCUT2D eigenvalue weighted by molar-refractivity contribution is 0.136. The molecule has 6 heteroatoms. The minimum Gasteiger partial charge on any atom is -0.360 e. The number of benzene rings is 1. The number of fused-ring (bicyclic) bond motifs is 1. The summed E-state index contributed by atoms with van der Waals surface area (Å²) in [6, 6.07) is 9.88. The standard InChI is InChI=1S/C19H22N4O2/c1-13-7-6-10-22(11-13)12-23-19(24)18-16(14(2)25-21-18)17(20-23)15-8-4-3-5-9-15/h3-5,8-9,13H,6-7,10-12H2,1-2H3/t13-/m1/s1. The second-order valence-electron chi connectivity index (χ2n) is 6.95. The topological polar surface area (TPSA) is 64.2 Å². The van der Waals surface area contributed by atoms with Crippen LogP contribution in [0.3, 0.4) is 0 Å². The van der Waals surface area contributed by atoms with Crippen LogP contribution < -0.4 is 5.56 Å². The van der Waals surface area contributed by atoms with Crippen LogP contribution in [0.5, 0.6) is 0 Å².